The minimum Gasteiger partial charge on any atom is -0.506 e. The number of benzene rings is 5. The van der Waals surface area contributed by atoms with Crippen molar-refractivity contribution in [2.45, 2.75) is 63.8 Å². The van der Waals surface area contributed by atoms with E-state index in [0.717, 1.165) is 46.6 Å². The van der Waals surface area contributed by atoms with Crippen LogP contribution in [0.2, 0.25) is 0 Å². The molecule has 0 unspecified atom stereocenters. The third kappa shape index (κ3) is 12.2. The third-order valence-corrected chi connectivity index (χ3v) is 11.7. The topological polar surface area (TPSA) is 176 Å². The van der Waals surface area contributed by atoms with E-state index >= 15 is 0 Å². The molecule has 1 aliphatic rings. The summed E-state index contributed by atoms with van der Waals surface area (Å²) in [5.74, 6) is -0.138. The number of hydrogen-bond acceptors (Lipinski definition) is 9. The molecule has 2 heterocycles. The molecule has 0 radical (unpaired) electrons. The molecular weight excluding hydrogens is 809 g/mol. The summed E-state index contributed by atoms with van der Waals surface area (Å²) >= 11 is 0. The molecule has 5 aromatic carbocycles. The molecule has 7 rings (SSSR count). The minimum atomic E-state index is -0.848. The van der Waals surface area contributed by atoms with Gasteiger partial charge in [-0.3, -0.25) is 19.7 Å². The number of H-pyrrole nitrogens is 1. The van der Waals surface area contributed by atoms with E-state index in [9.17, 15) is 29.4 Å². The van der Waals surface area contributed by atoms with Crippen LogP contribution in [0.3, 0.4) is 0 Å². The van der Waals surface area contributed by atoms with Crippen LogP contribution in [0.4, 0.5) is 16.2 Å². The number of anilines is 2. The summed E-state index contributed by atoms with van der Waals surface area (Å²) < 4.78 is 5.78. The van der Waals surface area contributed by atoms with Crippen LogP contribution >= 0.6 is 0 Å². The average Bonchev–Trinajstić information content (AvgIpc) is 3.31. The maximum absolute atomic E-state index is 13.1. The quantitative estimate of drug-likeness (QED) is 0.0560. The Hall–Kier alpha value is -6.80. The van der Waals surface area contributed by atoms with Gasteiger partial charge in [0.1, 0.15) is 11.9 Å². The lowest BCUT2D eigenvalue weighted by Gasteiger charge is -2.31. The number of nitrogens with one attached hydrogen (secondary N) is 4. The molecule has 1 aromatic heterocycles. The van der Waals surface area contributed by atoms with E-state index in [4.69, 9.17) is 4.74 Å². The van der Waals surface area contributed by atoms with E-state index in [0.29, 0.717) is 60.9 Å². The fourth-order valence-electron chi connectivity index (χ4n) is 8.05. The Labute approximate surface area is 373 Å². The number of piperidine rings is 1. The standard InChI is InChI=1S/C51H56N6O7/c1-34(52-33-46(59)42-20-22-45(58)50-43(42)21-23-47(60)55-50)30-35-12-14-36(15-13-35)31-48(61)53-32-37-16-18-39(19-17-37)56(2)49(62)26-29-57-27-24-40(25-28-57)64-51(63)54-44-11-7-6-10-41(44)38-8-4-3-5-9-38/h3-23,34,40,46,52,58-59H,24-33H2,1-2H3,(H,53,61)(H,54,63)(H,55,60)/t34-,46-/m0/s1. The Bertz CT molecular complexity index is 2570. The zero-order valence-electron chi connectivity index (χ0n) is 36.3. The molecule has 3 amide bonds. The molecule has 6 aromatic rings. The molecule has 0 saturated carbocycles. The SMILES string of the molecule is C[C@@H](Cc1ccc(CC(=O)NCc2ccc(N(C)C(=O)CCN3CCC(OC(=O)Nc4ccccc4-c4ccccc4)CC3)cc2)cc1)NC[C@H](O)c1ccc(O)c2[nH]c(=O)ccc12. The number of para-hydroxylation sites is 1. The van der Waals surface area contributed by atoms with Gasteiger partial charge in [-0.1, -0.05) is 91.0 Å². The fraction of sp³-hybridized carbons (Fsp3) is 0.294. The van der Waals surface area contributed by atoms with Gasteiger partial charge in [0.2, 0.25) is 17.4 Å². The van der Waals surface area contributed by atoms with Crippen molar-refractivity contribution in [1.82, 2.24) is 20.5 Å². The first kappa shape index (κ1) is 45.2. The molecule has 1 saturated heterocycles. The molecular formula is C51H56N6O7. The summed E-state index contributed by atoms with van der Waals surface area (Å²) in [5.41, 5.74) is 6.91. The number of nitrogens with zero attached hydrogens (tertiary/aromatic N) is 2. The van der Waals surface area contributed by atoms with Crippen LogP contribution in [0.15, 0.2) is 132 Å². The number of aliphatic hydroxyl groups excluding tert-OH is 1. The number of ether oxygens (including phenoxy) is 1. The fourth-order valence-corrected chi connectivity index (χ4v) is 8.05. The number of carbonyl (C=O) groups excluding carboxylic acids is 3. The van der Waals surface area contributed by atoms with Gasteiger partial charge in [0.15, 0.2) is 0 Å². The van der Waals surface area contributed by atoms with Crippen molar-refractivity contribution in [3.05, 3.63) is 160 Å². The lowest BCUT2D eigenvalue weighted by Crippen LogP contribution is -2.40. The second-order valence-corrected chi connectivity index (χ2v) is 16.4. The van der Waals surface area contributed by atoms with E-state index in [-0.39, 0.29) is 48.2 Å². The predicted octanol–water partition coefficient (Wildman–Crippen LogP) is 7.08. The minimum absolute atomic E-state index is 0.00579. The number of carbonyl (C=O) groups is 3. The molecule has 6 N–H and O–H groups in total. The van der Waals surface area contributed by atoms with Gasteiger partial charge in [-0.25, -0.2) is 4.79 Å². The molecule has 332 valence electrons. The van der Waals surface area contributed by atoms with Crippen LogP contribution < -0.4 is 26.4 Å². The number of aromatic amines is 1. The molecule has 2 atom stereocenters. The number of likely N-dealkylation sites (tertiary alicyclic amines) is 1. The number of aromatic hydroxyl groups is 1. The Morgan fingerprint density at radius 2 is 1.53 bits per heavy atom. The van der Waals surface area contributed by atoms with Crippen molar-refractivity contribution in [3.8, 4) is 16.9 Å². The van der Waals surface area contributed by atoms with Gasteiger partial charge in [0.05, 0.1) is 23.7 Å². The number of fused-ring (bicyclic) bond motifs is 1. The monoisotopic (exact) mass is 864 g/mol. The van der Waals surface area contributed by atoms with Gasteiger partial charge in [-0.15, -0.1) is 0 Å². The van der Waals surface area contributed by atoms with E-state index in [1.54, 1.807) is 24.1 Å². The van der Waals surface area contributed by atoms with Gasteiger partial charge in [0, 0.05) is 74.9 Å². The van der Waals surface area contributed by atoms with Crippen LogP contribution in [-0.2, 0) is 33.7 Å². The lowest BCUT2D eigenvalue weighted by molar-refractivity contribution is -0.120. The number of aromatic nitrogens is 1. The first-order valence-electron chi connectivity index (χ1n) is 21.8. The van der Waals surface area contributed by atoms with E-state index in [1.807, 2.05) is 110 Å². The van der Waals surface area contributed by atoms with Crippen LogP contribution in [-0.4, -0.2) is 83.4 Å². The molecule has 0 bridgehead atoms. The number of aliphatic hydroxyl groups is 1. The summed E-state index contributed by atoms with van der Waals surface area (Å²) in [6.07, 6.45) is 1.21. The summed E-state index contributed by atoms with van der Waals surface area (Å²) in [6, 6.07) is 39.2. The van der Waals surface area contributed by atoms with E-state index in [1.165, 1.54) is 12.1 Å². The second-order valence-electron chi connectivity index (χ2n) is 16.4. The average molecular weight is 865 g/mol. The molecule has 1 aliphatic heterocycles. The van der Waals surface area contributed by atoms with E-state index < -0.39 is 12.2 Å². The van der Waals surface area contributed by atoms with Gasteiger partial charge in [-0.2, -0.15) is 0 Å². The summed E-state index contributed by atoms with van der Waals surface area (Å²) in [4.78, 5) is 57.0. The number of rotatable bonds is 17. The second kappa shape index (κ2) is 21.5. The van der Waals surface area contributed by atoms with Crippen LogP contribution in [0.5, 0.6) is 5.75 Å². The number of pyridine rings is 1. The maximum Gasteiger partial charge on any atom is 0.411 e. The molecule has 0 aliphatic carbocycles. The third-order valence-electron chi connectivity index (χ3n) is 11.7. The molecule has 1 fully saturated rings. The first-order valence-corrected chi connectivity index (χ1v) is 21.8. The highest BCUT2D eigenvalue weighted by Gasteiger charge is 2.24. The summed E-state index contributed by atoms with van der Waals surface area (Å²) in [7, 11) is 1.77. The Morgan fingerprint density at radius 1 is 0.844 bits per heavy atom. The zero-order chi connectivity index (χ0) is 45.0. The van der Waals surface area contributed by atoms with Crippen molar-refractivity contribution in [1.29, 1.82) is 0 Å². The number of hydrogen-bond donors (Lipinski definition) is 6. The van der Waals surface area contributed by atoms with Crippen molar-refractivity contribution in [3.63, 3.8) is 0 Å². The summed E-state index contributed by atoms with van der Waals surface area (Å²) in [6.45, 7) is 4.77. The number of amides is 3. The van der Waals surface area contributed by atoms with Gasteiger partial charge >= 0.3 is 6.09 Å². The first-order chi connectivity index (χ1) is 31.0. The predicted molar refractivity (Wildman–Crippen MR) is 250 cm³/mol. The van der Waals surface area contributed by atoms with Gasteiger partial charge in [-0.05, 0) is 84.3 Å². The van der Waals surface area contributed by atoms with Crippen molar-refractivity contribution < 1.29 is 29.3 Å². The molecule has 0 spiro atoms. The highest BCUT2D eigenvalue weighted by atomic mass is 16.6. The van der Waals surface area contributed by atoms with Crippen molar-refractivity contribution in [2.75, 3.05) is 43.4 Å². The highest BCUT2D eigenvalue weighted by Crippen LogP contribution is 2.30. The smallest absolute Gasteiger partial charge is 0.411 e. The molecule has 13 nitrogen and oxygen atoms in total. The van der Waals surface area contributed by atoms with E-state index in [2.05, 4.69) is 25.8 Å². The van der Waals surface area contributed by atoms with Crippen molar-refractivity contribution >= 4 is 40.2 Å². The molecule has 13 heteroatoms. The van der Waals surface area contributed by atoms with Gasteiger partial charge < -0.3 is 40.4 Å². The van der Waals surface area contributed by atoms with Crippen LogP contribution in [0.1, 0.15) is 54.5 Å². The largest absolute Gasteiger partial charge is 0.506 e. The number of phenols is 1. The van der Waals surface area contributed by atoms with Gasteiger partial charge in [0.25, 0.3) is 0 Å². The molecule has 64 heavy (non-hydrogen) atoms. The maximum atomic E-state index is 13.1. The lowest BCUT2D eigenvalue weighted by atomic mass is 10.0. The zero-order valence-corrected chi connectivity index (χ0v) is 36.3. The Balaban J connectivity index is 0.775. The Kier molecular flexibility index (Phi) is 15.2. The van der Waals surface area contributed by atoms with Crippen molar-refractivity contribution in [2.24, 2.45) is 0 Å². The summed E-state index contributed by atoms with van der Waals surface area (Å²) in [5, 5.41) is 30.9. The Morgan fingerprint density at radius 3 is 2.28 bits per heavy atom. The van der Waals surface area contributed by atoms with Crippen LogP contribution in [0.25, 0.3) is 22.0 Å². The highest BCUT2D eigenvalue weighted by molar-refractivity contribution is 5.93. The van der Waals surface area contributed by atoms with Crippen LogP contribution in [0, 0.1) is 0 Å². The number of phenolic OH excluding ortho intramolecular Hbond substituents is 1. The normalized spacial score (nSPS) is 14.1.